The molecule has 0 saturated carbocycles. The third-order valence-electron chi connectivity index (χ3n) is 5.06. The number of aromatic nitrogens is 2. The Hall–Kier alpha value is -2.36. The van der Waals surface area contributed by atoms with Gasteiger partial charge >= 0.3 is 0 Å². The van der Waals surface area contributed by atoms with Gasteiger partial charge in [-0.15, -0.1) is 0 Å². The van der Waals surface area contributed by atoms with Crippen molar-refractivity contribution in [1.29, 1.82) is 0 Å². The number of allylic oxidation sites excluding steroid dienone is 2. The van der Waals surface area contributed by atoms with E-state index in [2.05, 4.69) is 72.0 Å². The first-order chi connectivity index (χ1) is 10.6. The van der Waals surface area contributed by atoms with Crippen LogP contribution in [0.5, 0.6) is 0 Å². The van der Waals surface area contributed by atoms with Crippen molar-refractivity contribution < 1.29 is 0 Å². The lowest BCUT2D eigenvalue weighted by molar-refractivity contribution is 0.660. The first kappa shape index (κ1) is 13.3. The Labute approximate surface area is 131 Å². The molecule has 0 radical (unpaired) electrons. The zero-order valence-electron chi connectivity index (χ0n) is 13.4. The van der Waals surface area contributed by atoms with Crippen molar-refractivity contribution in [2.45, 2.75) is 25.7 Å². The second-order valence-electron chi connectivity index (χ2n) is 6.18. The lowest BCUT2D eigenvalue weighted by Gasteiger charge is -2.45. The van der Waals surface area contributed by atoms with E-state index in [0.717, 1.165) is 5.69 Å². The molecule has 4 nitrogen and oxygen atoms in total. The van der Waals surface area contributed by atoms with Crippen molar-refractivity contribution in [2.24, 2.45) is 0 Å². The lowest BCUT2D eigenvalue weighted by atomic mass is 9.80. The molecule has 0 bridgehead atoms. The SMILES string of the molecule is CC1C2=C(C(C)c3ncncc31)N(C)c1ccccc1N2C. The van der Waals surface area contributed by atoms with Gasteiger partial charge in [-0.25, -0.2) is 9.97 Å². The van der Waals surface area contributed by atoms with Crippen molar-refractivity contribution in [2.75, 3.05) is 23.9 Å². The molecule has 2 atom stereocenters. The van der Waals surface area contributed by atoms with Gasteiger partial charge in [0, 0.05) is 49.1 Å². The maximum atomic E-state index is 4.57. The van der Waals surface area contributed by atoms with Crippen LogP contribution in [-0.2, 0) is 0 Å². The molecule has 112 valence electrons. The van der Waals surface area contributed by atoms with Crippen molar-refractivity contribution in [3.63, 3.8) is 0 Å². The van der Waals surface area contributed by atoms with Crippen LogP contribution in [-0.4, -0.2) is 24.1 Å². The van der Waals surface area contributed by atoms with E-state index < -0.39 is 0 Å². The van der Waals surface area contributed by atoms with E-state index >= 15 is 0 Å². The fourth-order valence-corrected chi connectivity index (χ4v) is 3.98. The third kappa shape index (κ3) is 1.58. The first-order valence-electron chi connectivity index (χ1n) is 7.71. The molecule has 2 heterocycles. The number of likely N-dealkylation sites (N-methyl/N-ethyl adjacent to an activating group) is 2. The topological polar surface area (TPSA) is 32.3 Å². The molecule has 4 heteroatoms. The number of para-hydroxylation sites is 2. The van der Waals surface area contributed by atoms with Gasteiger partial charge in [-0.3, -0.25) is 0 Å². The Morgan fingerprint density at radius 1 is 0.909 bits per heavy atom. The normalized spacial score (nSPS) is 23.1. The van der Waals surface area contributed by atoms with Crippen LogP contribution in [0.2, 0.25) is 0 Å². The number of rotatable bonds is 0. The second-order valence-corrected chi connectivity index (χ2v) is 6.18. The van der Waals surface area contributed by atoms with Gasteiger partial charge < -0.3 is 9.80 Å². The van der Waals surface area contributed by atoms with Gasteiger partial charge in [0.25, 0.3) is 0 Å². The average molecular weight is 292 g/mol. The Morgan fingerprint density at radius 2 is 1.50 bits per heavy atom. The van der Waals surface area contributed by atoms with Gasteiger partial charge in [-0.2, -0.15) is 0 Å². The maximum absolute atomic E-state index is 4.57. The summed E-state index contributed by atoms with van der Waals surface area (Å²) >= 11 is 0. The van der Waals surface area contributed by atoms with Crippen LogP contribution in [0.3, 0.4) is 0 Å². The van der Waals surface area contributed by atoms with Crippen LogP contribution in [0.25, 0.3) is 0 Å². The molecule has 0 N–H and O–H groups in total. The molecule has 0 amide bonds. The predicted octanol–water partition coefficient (Wildman–Crippen LogP) is 3.50. The quantitative estimate of drug-likeness (QED) is 0.744. The molecular formula is C18H20N4. The number of nitrogens with zero attached hydrogens (tertiary/aromatic N) is 4. The van der Waals surface area contributed by atoms with E-state index in [-0.39, 0.29) is 5.92 Å². The van der Waals surface area contributed by atoms with Gasteiger partial charge in [-0.1, -0.05) is 26.0 Å². The summed E-state index contributed by atoms with van der Waals surface area (Å²) < 4.78 is 0. The highest BCUT2D eigenvalue weighted by molar-refractivity contribution is 5.80. The standard InChI is InChI=1S/C18H20N4/c1-11-13-9-19-10-20-16(13)12(2)18-17(11)21(3)14-7-5-6-8-15(14)22(18)4/h5-12H,1-4H3. The summed E-state index contributed by atoms with van der Waals surface area (Å²) in [5, 5.41) is 0. The molecule has 2 aromatic rings. The monoisotopic (exact) mass is 292 g/mol. The minimum Gasteiger partial charge on any atom is -0.344 e. The maximum Gasteiger partial charge on any atom is 0.115 e. The van der Waals surface area contributed by atoms with E-state index in [1.165, 1.54) is 28.3 Å². The summed E-state index contributed by atoms with van der Waals surface area (Å²) in [6.07, 6.45) is 3.63. The van der Waals surface area contributed by atoms with E-state index in [9.17, 15) is 0 Å². The Kier molecular flexibility index (Phi) is 2.76. The summed E-state index contributed by atoms with van der Waals surface area (Å²) in [4.78, 5) is 13.5. The van der Waals surface area contributed by atoms with E-state index in [4.69, 9.17) is 0 Å². The second kappa shape index (κ2) is 4.57. The van der Waals surface area contributed by atoms with Gasteiger partial charge in [-0.05, 0) is 12.1 Å². The van der Waals surface area contributed by atoms with Crippen LogP contribution >= 0.6 is 0 Å². The number of hydrogen-bond acceptors (Lipinski definition) is 4. The molecule has 0 saturated heterocycles. The van der Waals surface area contributed by atoms with Gasteiger partial charge in [0.15, 0.2) is 0 Å². The summed E-state index contributed by atoms with van der Waals surface area (Å²) in [5.41, 5.74) is 7.61. The highest BCUT2D eigenvalue weighted by Crippen LogP contribution is 2.50. The van der Waals surface area contributed by atoms with Crippen LogP contribution in [0.1, 0.15) is 36.9 Å². The fraction of sp³-hybridized carbons (Fsp3) is 0.333. The van der Waals surface area contributed by atoms with Crippen LogP contribution in [0.4, 0.5) is 11.4 Å². The molecule has 2 aliphatic rings. The number of fused-ring (bicyclic) bond motifs is 2. The molecule has 1 aliphatic carbocycles. The molecule has 22 heavy (non-hydrogen) atoms. The minimum absolute atomic E-state index is 0.269. The van der Waals surface area contributed by atoms with Gasteiger partial charge in [0.05, 0.1) is 17.1 Å². The largest absolute Gasteiger partial charge is 0.344 e. The summed E-state index contributed by atoms with van der Waals surface area (Å²) in [5.74, 6) is 0.563. The summed E-state index contributed by atoms with van der Waals surface area (Å²) in [6, 6.07) is 8.57. The molecular weight excluding hydrogens is 272 g/mol. The van der Waals surface area contributed by atoms with Crippen molar-refractivity contribution in [1.82, 2.24) is 9.97 Å². The van der Waals surface area contributed by atoms with E-state index in [0.29, 0.717) is 5.92 Å². The Bertz CT molecular complexity index is 653. The predicted molar refractivity (Wildman–Crippen MR) is 89.1 cm³/mol. The van der Waals surface area contributed by atoms with Gasteiger partial charge in [0.1, 0.15) is 6.33 Å². The molecule has 4 rings (SSSR count). The van der Waals surface area contributed by atoms with Gasteiger partial charge in [0.2, 0.25) is 0 Å². The molecule has 1 aromatic heterocycles. The highest BCUT2D eigenvalue weighted by atomic mass is 15.3. The number of anilines is 2. The average Bonchev–Trinajstić information content (AvgIpc) is 2.56. The zero-order valence-corrected chi connectivity index (χ0v) is 13.4. The van der Waals surface area contributed by atoms with Crippen LogP contribution in [0.15, 0.2) is 48.2 Å². The third-order valence-corrected chi connectivity index (χ3v) is 5.06. The Morgan fingerprint density at radius 3 is 2.14 bits per heavy atom. The molecule has 2 unspecified atom stereocenters. The summed E-state index contributed by atoms with van der Waals surface area (Å²) in [7, 11) is 4.33. The Balaban J connectivity index is 1.96. The van der Waals surface area contributed by atoms with E-state index in [1.807, 2.05) is 6.20 Å². The van der Waals surface area contributed by atoms with Crippen molar-refractivity contribution in [3.05, 3.63) is 59.4 Å². The minimum atomic E-state index is 0.269. The van der Waals surface area contributed by atoms with Crippen molar-refractivity contribution >= 4 is 11.4 Å². The first-order valence-corrected chi connectivity index (χ1v) is 7.71. The van der Waals surface area contributed by atoms with Crippen molar-refractivity contribution in [3.8, 4) is 0 Å². The van der Waals surface area contributed by atoms with E-state index in [1.54, 1.807) is 6.33 Å². The molecule has 1 aliphatic heterocycles. The highest BCUT2D eigenvalue weighted by Gasteiger charge is 2.38. The summed E-state index contributed by atoms with van der Waals surface area (Å²) in [6.45, 7) is 4.49. The molecule has 0 fully saturated rings. The number of hydrogen-bond donors (Lipinski definition) is 0. The van der Waals surface area contributed by atoms with Crippen LogP contribution < -0.4 is 9.80 Å². The molecule has 1 aromatic carbocycles. The fourth-order valence-electron chi connectivity index (χ4n) is 3.98. The zero-order chi connectivity index (χ0) is 15.4. The lowest BCUT2D eigenvalue weighted by Crippen LogP contribution is -2.39. The number of benzene rings is 1. The smallest absolute Gasteiger partial charge is 0.115 e. The molecule has 0 spiro atoms. The van der Waals surface area contributed by atoms with Crippen LogP contribution in [0, 0.1) is 0 Å².